The molecule has 0 unspecified atom stereocenters. The zero-order valence-corrected chi connectivity index (χ0v) is 11.0. The first kappa shape index (κ1) is 14.0. The number of benzene rings is 1. The molecule has 0 spiro atoms. The Morgan fingerprint density at radius 1 is 1.26 bits per heavy atom. The Morgan fingerprint density at radius 3 is 2.47 bits per heavy atom. The lowest BCUT2D eigenvalue weighted by atomic mass is 10.0. The third-order valence-corrected chi connectivity index (χ3v) is 2.85. The minimum atomic E-state index is -2.95. The molecule has 0 fully saturated rings. The van der Waals surface area contributed by atoms with Crippen LogP contribution in [0, 0.1) is 0 Å². The molecular weight excluding hydrogens is 256 g/mol. The van der Waals surface area contributed by atoms with E-state index in [1.54, 1.807) is 6.07 Å². The molecule has 0 amide bonds. The van der Waals surface area contributed by atoms with Crippen molar-refractivity contribution in [3.05, 3.63) is 23.3 Å². The lowest BCUT2D eigenvalue weighted by molar-refractivity contribution is 0.0148. The number of hydroxylamine groups is 1. The molecule has 0 saturated heterocycles. The highest BCUT2D eigenvalue weighted by Crippen LogP contribution is 2.39. The topological polar surface area (TPSA) is 39.7 Å². The highest BCUT2D eigenvalue weighted by molar-refractivity contribution is 5.49. The van der Waals surface area contributed by atoms with Gasteiger partial charge in [-0.1, -0.05) is 0 Å². The summed E-state index contributed by atoms with van der Waals surface area (Å²) in [5.41, 5.74) is 2.92. The summed E-state index contributed by atoms with van der Waals surface area (Å²) in [5, 5.41) is 0. The van der Waals surface area contributed by atoms with Crippen LogP contribution >= 0.6 is 0 Å². The fourth-order valence-corrected chi connectivity index (χ4v) is 1.96. The summed E-state index contributed by atoms with van der Waals surface area (Å²) in [6.45, 7) is 2.03. The maximum Gasteiger partial charge on any atom is 0.270 e. The number of fused-ring (bicyclic) bond motifs is 1. The van der Waals surface area contributed by atoms with Gasteiger partial charge in [0, 0.05) is 25.5 Å². The van der Waals surface area contributed by atoms with Crippen molar-refractivity contribution in [2.45, 2.75) is 25.8 Å². The maximum absolute atomic E-state index is 13.6. The number of alkyl halides is 2. The Balaban J connectivity index is 2.41. The van der Waals surface area contributed by atoms with Gasteiger partial charge >= 0.3 is 0 Å². The molecule has 1 aromatic rings. The molecule has 2 rings (SSSR count). The van der Waals surface area contributed by atoms with E-state index in [1.807, 2.05) is 0 Å². The van der Waals surface area contributed by atoms with E-state index < -0.39 is 5.92 Å². The maximum atomic E-state index is 13.6. The molecule has 1 heterocycles. The first-order chi connectivity index (χ1) is 9.02. The second-order valence-corrected chi connectivity index (χ2v) is 4.42. The minimum Gasteiger partial charge on any atom is -0.490 e. The molecule has 0 aliphatic carbocycles. The predicted molar refractivity (Wildman–Crippen MR) is 65.5 cm³/mol. The summed E-state index contributed by atoms with van der Waals surface area (Å²) in [4.78, 5) is 4.72. The number of hydrogen-bond acceptors (Lipinski definition) is 4. The Hall–Kier alpha value is -1.40. The van der Waals surface area contributed by atoms with E-state index >= 15 is 0 Å². The van der Waals surface area contributed by atoms with Gasteiger partial charge in [0.15, 0.2) is 11.5 Å². The van der Waals surface area contributed by atoms with E-state index in [0.717, 1.165) is 13.3 Å². The first-order valence-corrected chi connectivity index (χ1v) is 6.09. The molecule has 19 heavy (non-hydrogen) atoms. The van der Waals surface area contributed by atoms with Crippen molar-refractivity contribution in [3.8, 4) is 11.5 Å². The standard InChI is InChI=1S/C13H17F2NO3/c1-13(14,15)10-7-12-11(18-4-3-5-19-12)6-9(10)8-16-17-2/h6-7,16H,3-5,8H2,1-2H3. The zero-order valence-electron chi connectivity index (χ0n) is 11.0. The van der Waals surface area contributed by atoms with E-state index in [0.29, 0.717) is 30.3 Å². The van der Waals surface area contributed by atoms with E-state index in [2.05, 4.69) is 5.48 Å². The van der Waals surface area contributed by atoms with Gasteiger partial charge in [-0.15, -0.1) is 0 Å². The Morgan fingerprint density at radius 2 is 1.89 bits per heavy atom. The highest BCUT2D eigenvalue weighted by atomic mass is 19.3. The van der Waals surface area contributed by atoms with Gasteiger partial charge in [0.25, 0.3) is 5.92 Å². The molecule has 0 aromatic heterocycles. The van der Waals surface area contributed by atoms with Crippen molar-refractivity contribution in [1.29, 1.82) is 0 Å². The summed E-state index contributed by atoms with van der Waals surface area (Å²) in [6, 6.07) is 2.94. The van der Waals surface area contributed by atoms with Gasteiger partial charge in [-0.2, -0.15) is 5.48 Å². The van der Waals surface area contributed by atoms with Gasteiger partial charge < -0.3 is 14.3 Å². The van der Waals surface area contributed by atoms with Crippen molar-refractivity contribution in [2.75, 3.05) is 20.3 Å². The fourth-order valence-electron chi connectivity index (χ4n) is 1.96. The van der Waals surface area contributed by atoms with Gasteiger partial charge in [-0.05, 0) is 17.7 Å². The lowest BCUT2D eigenvalue weighted by Gasteiger charge is -2.19. The van der Waals surface area contributed by atoms with Gasteiger partial charge in [0.1, 0.15) is 0 Å². The molecule has 106 valence electrons. The highest BCUT2D eigenvalue weighted by Gasteiger charge is 2.30. The van der Waals surface area contributed by atoms with Gasteiger partial charge in [-0.3, -0.25) is 0 Å². The Bertz CT molecular complexity index is 446. The summed E-state index contributed by atoms with van der Waals surface area (Å²) >= 11 is 0. The van der Waals surface area contributed by atoms with E-state index in [4.69, 9.17) is 14.3 Å². The van der Waals surface area contributed by atoms with Crippen LogP contribution in [0.2, 0.25) is 0 Å². The predicted octanol–water partition coefficient (Wildman–Crippen LogP) is 2.61. The van der Waals surface area contributed by atoms with Crippen LogP contribution in [0.3, 0.4) is 0 Å². The molecule has 6 heteroatoms. The van der Waals surface area contributed by atoms with E-state index in [9.17, 15) is 8.78 Å². The quantitative estimate of drug-likeness (QED) is 0.856. The fraction of sp³-hybridized carbons (Fsp3) is 0.538. The number of rotatable bonds is 4. The van der Waals surface area contributed by atoms with Crippen LogP contribution in [0.15, 0.2) is 12.1 Å². The monoisotopic (exact) mass is 273 g/mol. The molecule has 0 atom stereocenters. The van der Waals surface area contributed by atoms with Crippen LogP contribution in [0.5, 0.6) is 11.5 Å². The van der Waals surface area contributed by atoms with Crippen molar-refractivity contribution in [3.63, 3.8) is 0 Å². The van der Waals surface area contributed by atoms with Crippen molar-refractivity contribution in [1.82, 2.24) is 5.48 Å². The van der Waals surface area contributed by atoms with Gasteiger partial charge in [0.2, 0.25) is 0 Å². The second-order valence-electron chi connectivity index (χ2n) is 4.42. The third kappa shape index (κ3) is 3.33. The SMILES string of the molecule is CONCc1cc2c(cc1C(C)(F)F)OCCCO2. The normalized spacial score (nSPS) is 15.2. The average molecular weight is 273 g/mol. The van der Waals surface area contributed by atoms with Crippen LogP contribution in [-0.2, 0) is 17.3 Å². The third-order valence-electron chi connectivity index (χ3n) is 2.85. The van der Waals surface area contributed by atoms with Crippen molar-refractivity contribution >= 4 is 0 Å². The molecule has 4 nitrogen and oxygen atoms in total. The smallest absolute Gasteiger partial charge is 0.270 e. The van der Waals surface area contributed by atoms with Crippen molar-refractivity contribution < 1.29 is 23.1 Å². The Kier molecular flexibility index (Phi) is 4.21. The summed E-state index contributed by atoms with van der Waals surface area (Å²) in [7, 11) is 1.44. The number of halogens is 2. The number of nitrogens with one attached hydrogen (secondary N) is 1. The van der Waals surface area contributed by atoms with Crippen LogP contribution in [-0.4, -0.2) is 20.3 Å². The van der Waals surface area contributed by atoms with Crippen LogP contribution in [0.25, 0.3) is 0 Å². The Labute approximate surface area is 110 Å². The van der Waals surface area contributed by atoms with Crippen LogP contribution < -0.4 is 15.0 Å². The van der Waals surface area contributed by atoms with Crippen LogP contribution in [0.4, 0.5) is 8.78 Å². The first-order valence-electron chi connectivity index (χ1n) is 6.09. The molecular formula is C13H17F2NO3. The molecule has 1 aliphatic rings. The van der Waals surface area contributed by atoms with E-state index in [-0.39, 0.29) is 12.1 Å². The largest absolute Gasteiger partial charge is 0.490 e. The lowest BCUT2D eigenvalue weighted by Crippen LogP contribution is -2.17. The summed E-state index contributed by atoms with van der Waals surface area (Å²) < 4.78 is 38.2. The molecule has 1 aromatic carbocycles. The minimum absolute atomic E-state index is 0.0821. The average Bonchev–Trinajstić information content (AvgIpc) is 2.58. The molecule has 0 saturated carbocycles. The van der Waals surface area contributed by atoms with Gasteiger partial charge in [-0.25, -0.2) is 8.78 Å². The summed E-state index contributed by atoms with van der Waals surface area (Å²) in [5.74, 6) is -2.08. The zero-order chi connectivity index (χ0) is 13.9. The van der Waals surface area contributed by atoms with Crippen LogP contribution in [0.1, 0.15) is 24.5 Å². The van der Waals surface area contributed by atoms with Crippen molar-refractivity contribution in [2.24, 2.45) is 0 Å². The molecule has 0 radical (unpaired) electrons. The molecule has 0 bridgehead atoms. The van der Waals surface area contributed by atoms with Gasteiger partial charge in [0.05, 0.1) is 20.3 Å². The molecule has 1 aliphatic heterocycles. The number of hydrogen-bond donors (Lipinski definition) is 1. The number of ether oxygens (including phenoxy) is 2. The second kappa shape index (κ2) is 5.71. The summed E-state index contributed by atoms with van der Waals surface area (Å²) in [6.07, 6.45) is 0.734. The molecule has 1 N–H and O–H groups in total. The van der Waals surface area contributed by atoms with E-state index in [1.165, 1.54) is 13.2 Å².